The molecular weight excluding hydrogens is 186 g/mol. The SMILES string of the molecule is Cc1cnccc1CN1CCNC[C@@H]1C. The molecule has 0 spiro atoms. The number of pyridine rings is 1. The first-order chi connectivity index (χ1) is 7.27. The molecule has 0 aliphatic carbocycles. The van der Waals surface area contributed by atoms with Crippen molar-refractivity contribution in [3.05, 3.63) is 29.6 Å². The van der Waals surface area contributed by atoms with Crippen molar-refractivity contribution in [2.45, 2.75) is 26.4 Å². The lowest BCUT2D eigenvalue weighted by atomic mass is 10.1. The lowest BCUT2D eigenvalue weighted by Gasteiger charge is -2.34. The third-order valence-electron chi connectivity index (χ3n) is 3.15. The minimum Gasteiger partial charge on any atom is -0.314 e. The van der Waals surface area contributed by atoms with E-state index < -0.39 is 0 Å². The topological polar surface area (TPSA) is 28.2 Å². The fourth-order valence-electron chi connectivity index (χ4n) is 2.02. The summed E-state index contributed by atoms with van der Waals surface area (Å²) in [7, 11) is 0. The Morgan fingerprint density at radius 2 is 2.47 bits per heavy atom. The molecule has 0 radical (unpaired) electrons. The molecule has 0 amide bonds. The van der Waals surface area contributed by atoms with Crippen molar-refractivity contribution in [1.82, 2.24) is 15.2 Å². The number of hydrogen-bond acceptors (Lipinski definition) is 3. The minimum absolute atomic E-state index is 0.631. The Morgan fingerprint density at radius 3 is 3.20 bits per heavy atom. The van der Waals surface area contributed by atoms with Crippen molar-refractivity contribution < 1.29 is 0 Å². The highest BCUT2D eigenvalue weighted by Crippen LogP contribution is 2.12. The summed E-state index contributed by atoms with van der Waals surface area (Å²) >= 11 is 0. The van der Waals surface area contributed by atoms with Gasteiger partial charge in [0.25, 0.3) is 0 Å². The van der Waals surface area contributed by atoms with Gasteiger partial charge in [0.05, 0.1) is 0 Å². The van der Waals surface area contributed by atoms with Crippen LogP contribution in [0.5, 0.6) is 0 Å². The number of piperazine rings is 1. The quantitative estimate of drug-likeness (QED) is 0.786. The summed E-state index contributed by atoms with van der Waals surface area (Å²) in [5.41, 5.74) is 2.70. The molecule has 3 heteroatoms. The fraction of sp³-hybridized carbons (Fsp3) is 0.583. The van der Waals surface area contributed by atoms with E-state index in [-0.39, 0.29) is 0 Å². The molecule has 2 heterocycles. The van der Waals surface area contributed by atoms with E-state index >= 15 is 0 Å². The van der Waals surface area contributed by atoms with Gasteiger partial charge in [-0.1, -0.05) is 0 Å². The van der Waals surface area contributed by atoms with Crippen molar-refractivity contribution in [3.8, 4) is 0 Å². The number of hydrogen-bond donors (Lipinski definition) is 1. The maximum atomic E-state index is 4.13. The molecule has 0 bridgehead atoms. The third kappa shape index (κ3) is 2.55. The molecule has 15 heavy (non-hydrogen) atoms. The first kappa shape index (κ1) is 10.6. The summed E-state index contributed by atoms with van der Waals surface area (Å²) in [6.45, 7) is 8.82. The van der Waals surface area contributed by atoms with Crippen LogP contribution in [0.25, 0.3) is 0 Å². The van der Waals surface area contributed by atoms with Crippen molar-refractivity contribution in [2.24, 2.45) is 0 Å². The highest BCUT2D eigenvalue weighted by atomic mass is 15.2. The first-order valence-electron chi connectivity index (χ1n) is 5.61. The Morgan fingerprint density at radius 1 is 1.60 bits per heavy atom. The summed E-state index contributed by atoms with van der Waals surface area (Å²) in [6.07, 6.45) is 3.83. The Hall–Kier alpha value is -0.930. The average Bonchev–Trinajstić information content (AvgIpc) is 2.24. The molecule has 3 nitrogen and oxygen atoms in total. The van der Waals surface area contributed by atoms with Crippen LogP contribution < -0.4 is 5.32 Å². The van der Waals surface area contributed by atoms with Gasteiger partial charge in [-0.2, -0.15) is 0 Å². The second-order valence-corrected chi connectivity index (χ2v) is 4.33. The fourth-order valence-corrected chi connectivity index (χ4v) is 2.02. The third-order valence-corrected chi connectivity index (χ3v) is 3.15. The van der Waals surface area contributed by atoms with E-state index in [1.807, 2.05) is 12.4 Å². The average molecular weight is 205 g/mol. The molecule has 1 fully saturated rings. The van der Waals surface area contributed by atoms with Crippen LogP contribution in [0.15, 0.2) is 18.5 Å². The molecule has 0 saturated carbocycles. The lowest BCUT2D eigenvalue weighted by Crippen LogP contribution is -2.49. The van der Waals surface area contributed by atoms with E-state index in [0.717, 1.165) is 26.2 Å². The van der Waals surface area contributed by atoms with E-state index in [1.165, 1.54) is 11.1 Å². The molecule has 1 saturated heterocycles. The van der Waals surface area contributed by atoms with Crippen LogP contribution in [0, 0.1) is 6.92 Å². The van der Waals surface area contributed by atoms with E-state index in [9.17, 15) is 0 Å². The number of nitrogens with one attached hydrogen (secondary N) is 1. The first-order valence-corrected chi connectivity index (χ1v) is 5.61. The van der Waals surface area contributed by atoms with Crippen LogP contribution in [-0.2, 0) is 6.54 Å². The van der Waals surface area contributed by atoms with Gasteiger partial charge in [0.1, 0.15) is 0 Å². The number of nitrogens with zero attached hydrogens (tertiary/aromatic N) is 2. The molecular formula is C12H19N3. The lowest BCUT2D eigenvalue weighted by molar-refractivity contribution is 0.165. The van der Waals surface area contributed by atoms with Crippen molar-refractivity contribution in [1.29, 1.82) is 0 Å². The molecule has 1 aromatic heterocycles. The zero-order chi connectivity index (χ0) is 10.7. The smallest absolute Gasteiger partial charge is 0.0300 e. The van der Waals surface area contributed by atoms with Crippen molar-refractivity contribution in [2.75, 3.05) is 19.6 Å². The molecule has 1 N–H and O–H groups in total. The molecule has 1 aromatic rings. The van der Waals surface area contributed by atoms with Crippen molar-refractivity contribution >= 4 is 0 Å². The van der Waals surface area contributed by atoms with Crippen LogP contribution in [0.2, 0.25) is 0 Å². The highest BCUT2D eigenvalue weighted by molar-refractivity contribution is 5.21. The largest absolute Gasteiger partial charge is 0.314 e. The van der Waals surface area contributed by atoms with Crippen LogP contribution in [0.4, 0.5) is 0 Å². The highest BCUT2D eigenvalue weighted by Gasteiger charge is 2.18. The maximum Gasteiger partial charge on any atom is 0.0300 e. The number of aromatic nitrogens is 1. The zero-order valence-corrected chi connectivity index (χ0v) is 9.53. The van der Waals surface area contributed by atoms with E-state index in [0.29, 0.717) is 6.04 Å². The van der Waals surface area contributed by atoms with Gasteiger partial charge in [-0.3, -0.25) is 9.88 Å². The van der Waals surface area contributed by atoms with Crippen LogP contribution in [-0.4, -0.2) is 35.6 Å². The summed E-state index contributed by atoms with van der Waals surface area (Å²) in [5, 5.41) is 3.41. The molecule has 0 unspecified atom stereocenters. The summed E-state index contributed by atoms with van der Waals surface area (Å²) in [6, 6.07) is 2.76. The Labute approximate surface area is 91.5 Å². The van der Waals surface area contributed by atoms with Gasteiger partial charge in [0.15, 0.2) is 0 Å². The standard InChI is InChI=1S/C12H19N3/c1-10-7-13-4-3-12(10)9-15-6-5-14-8-11(15)2/h3-4,7,11,14H,5-6,8-9H2,1-2H3/t11-/m0/s1. The normalized spacial score (nSPS) is 22.9. The van der Waals surface area contributed by atoms with Gasteiger partial charge in [0, 0.05) is 44.6 Å². The molecule has 82 valence electrons. The van der Waals surface area contributed by atoms with E-state index in [4.69, 9.17) is 0 Å². The van der Waals surface area contributed by atoms with Crippen LogP contribution in [0.1, 0.15) is 18.1 Å². The Bertz CT molecular complexity index is 324. The molecule has 1 aliphatic rings. The summed E-state index contributed by atoms with van der Waals surface area (Å²) < 4.78 is 0. The molecule has 1 atom stereocenters. The van der Waals surface area contributed by atoms with Gasteiger partial charge >= 0.3 is 0 Å². The van der Waals surface area contributed by atoms with Gasteiger partial charge < -0.3 is 5.32 Å². The molecule has 2 rings (SSSR count). The van der Waals surface area contributed by atoms with Gasteiger partial charge in [-0.15, -0.1) is 0 Å². The van der Waals surface area contributed by atoms with Gasteiger partial charge in [0.2, 0.25) is 0 Å². The second-order valence-electron chi connectivity index (χ2n) is 4.33. The van der Waals surface area contributed by atoms with E-state index in [1.54, 1.807) is 0 Å². The summed E-state index contributed by atoms with van der Waals surface area (Å²) in [4.78, 5) is 6.65. The predicted octanol–water partition coefficient (Wildman–Crippen LogP) is 1.18. The zero-order valence-electron chi connectivity index (χ0n) is 9.53. The number of aryl methyl sites for hydroxylation is 1. The number of rotatable bonds is 2. The van der Waals surface area contributed by atoms with E-state index in [2.05, 4.69) is 35.1 Å². The molecule has 0 aromatic carbocycles. The van der Waals surface area contributed by atoms with Crippen molar-refractivity contribution in [3.63, 3.8) is 0 Å². The predicted molar refractivity (Wildman–Crippen MR) is 61.7 cm³/mol. The maximum absolute atomic E-state index is 4.13. The van der Waals surface area contributed by atoms with Gasteiger partial charge in [-0.05, 0) is 31.0 Å². The Balaban J connectivity index is 2.04. The minimum atomic E-state index is 0.631. The summed E-state index contributed by atoms with van der Waals surface area (Å²) in [5.74, 6) is 0. The Kier molecular flexibility index (Phi) is 3.34. The monoisotopic (exact) mass is 205 g/mol. The van der Waals surface area contributed by atoms with Crippen LogP contribution >= 0.6 is 0 Å². The molecule has 1 aliphatic heterocycles. The van der Waals surface area contributed by atoms with Gasteiger partial charge in [-0.25, -0.2) is 0 Å². The second kappa shape index (κ2) is 4.73. The van der Waals surface area contributed by atoms with Crippen LogP contribution in [0.3, 0.4) is 0 Å².